The van der Waals surface area contributed by atoms with Gasteiger partial charge in [-0.1, -0.05) is 0 Å². The van der Waals surface area contributed by atoms with Gasteiger partial charge in [0.1, 0.15) is 10.4 Å². The van der Waals surface area contributed by atoms with Crippen molar-refractivity contribution >= 4 is 27.4 Å². The highest BCUT2D eigenvalue weighted by atomic mass is 79.9. The molecule has 7 heteroatoms. The van der Waals surface area contributed by atoms with Gasteiger partial charge in [-0.05, 0) is 28.8 Å². The smallest absolute Gasteiger partial charge is 0.275 e. The van der Waals surface area contributed by atoms with E-state index in [0.717, 1.165) is 19.4 Å². The zero-order chi connectivity index (χ0) is 12.9. The summed E-state index contributed by atoms with van der Waals surface area (Å²) >= 11 is 3.18. The summed E-state index contributed by atoms with van der Waals surface area (Å²) in [5, 5.41) is 20.8. The number of halogens is 1. The average molecular weight is 314 g/mol. The van der Waals surface area contributed by atoms with Gasteiger partial charge in [-0.25, -0.2) is 4.98 Å². The second-order valence-electron chi connectivity index (χ2n) is 5.02. The van der Waals surface area contributed by atoms with E-state index >= 15 is 0 Å². The highest BCUT2D eigenvalue weighted by Gasteiger charge is 2.54. The van der Waals surface area contributed by atoms with Crippen molar-refractivity contribution in [2.45, 2.75) is 18.9 Å². The number of aliphatic hydroxyl groups excluding tert-OH is 1. The van der Waals surface area contributed by atoms with Crippen LogP contribution in [0.3, 0.4) is 0 Å². The third kappa shape index (κ3) is 1.87. The number of β-amino-alcohol motifs (C(OH)–C–C–N with tert-alkyl or cyclic N) is 1. The van der Waals surface area contributed by atoms with Gasteiger partial charge in [0, 0.05) is 24.6 Å². The molecule has 1 aliphatic carbocycles. The van der Waals surface area contributed by atoms with Crippen molar-refractivity contribution in [1.29, 1.82) is 0 Å². The summed E-state index contributed by atoms with van der Waals surface area (Å²) in [6, 6.07) is 2.84. The van der Waals surface area contributed by atoms with Crippen molar-refractivity contribution in [3.05, 3.63) is 26.9 Å². The van der Waals surface area contributed by atoms with Crippen LogP contribution in [0.25, 0.3) is 0 Å². The quantitative estimate of drug-likeness (QED) is 0.511. The Hall–Kier alpha value is -1.21. The van der Waals surface area contributed by atoms with Crippen LogP contribution in [-0.2, 0) is 0 Å². The van der Waals surface area contributed by atoms with E-state index in [2.05, 4.69) is 20.9 Å². The van der Waals surface area contributed by atoms with E-state index in [-0.39, 0.29) is 17.2 Å². The van der Waals surface area contributed by atoms with E-state index in [0.29, 0.717) is 17.0 Å². The van der Waals surface area contributed by atoms with Gasteiger partial charge in [0.15, 0.2) is 0 Å². The fraction of sp³-hybridized carbons (Fsp3) is 0.545. The molecule has 6 nitrogen and oxygen atoms in total. The van der Waals surface area contributed by atoms with Crippen LogP contribution in [-0.4, -0.2) is 34.2 Å². The average Bonchev–Trinajstić information content (AvgIpc) is 3.00. The van der Waals surface area contributed by atoms with Gasteiger partial charge >= 0.3 is 0 Å². The van der Waals surface area contributed by atoms with Crippen molar-refractivity contribution in [1.82, 2.24) is 4.98 Å². The van der Waals surface area contributed by atoms with Crippen LogP contribution >= 0.6 is 15.9 Å². The minimum absolute atomic E-state index is 0.0121. The van der Waals surface area contributed by atoms with Crippen LogP contribution in [0.4, 0.5) is 11.5 Å². The van der Waals surface area contributed by atoms with Crippen molar-refractivity contribution in [2.75, 3.05) is 18.0 Å². The lowest BCUT2D eigenvalue weighted by Crippen LogP contribution is -2.22. The van der Waals surface area contributed by atoms with Gasteiger partial charge in [0.05, 0.1) is 17.1 Å². The zero-order valence-electron chi connectivity index (χ0n) is 9.54. The summed E-state index contributed by atoms with van der Waals surface area (Å²) in [4.78, 5) is 16.6. The maximum Gasteiger partial charge on any atom is 0.275 e. The van der Waals surface area contributed by atoms with Crippen molar-refractivity contribution in [3.63, 3.8) is 0 Å². The van der Waals surface area contributed by atoms with E-state index in [4.69, 9.17) is 0 Å². The fourth-order valence-electron chi connectivity index (χ4n) is 2.52. The minimum Gasteiger partial charge on any atom is -0.391 e. The van der Waals surface area contributed by atoms with E-state index in [1.54, 1.807) is 0 Å². The number of aromatic nitrogens is 1. The first-order valence-electron chi connectivity index (χ1n) is 5.75. The summed E-state index contributed by atoms with van der Waals surface area (Å²) in [6.45, 7) is 1.23. The molecule has 0 amide bonds. The van der Waals surface area contributed by atoms with Gasteiger partial charge in [-0.15, -0.1) is 0 Å². The van der Waals surface area contributed by atoms with Crippen LogP contribution in [0.15, 0.2) is 16.7 Å². The summed E-state index contributed by atoms with van der Waals surface area (Å²) < 4.78 is 0.443. The van der Waals surface area contributed by atoms with Gasteiger partial charge in [0.2, 0.25) is 0 Å². The molecule has 0 bridgehead atoms. The van der Waals surface area contributed by atoms with Crippen molar-refractivity contribution in [3.8, 4) is 0 Å². The number of hydrogen-bond donors (Lipinski definition) is 1. The molecule has 96 valence electrons. The Kier molecular flexibility index (Phi) is 2.56. The first kappa shape index (κ1) is 11.9. The molecule has 18 heavy (non-hydrogen) atoms. The molecule has 0 aromatic carbocycles. The van der Waals surface area contributed by atoms with Crippen molar-refractivity contribution in [2.24, 2.45) is 5.41 Å². The maximum atomic E-state index is 10.8. The van der Waals surface area contributed by atoms with Gasteiger partial charge in [-0.2, -0.15) is 0 Å². The second kappa shape index (κ2) is 3.89. The summed E-state index contributed by atoms with van der Waals surface area (Å²) in [5.74, 6) is 0.555. The molecule has 2 fully saturated rings. The number of nitro groups is 1. The Bertz CT molecular complexity index is 518. The molecular formula is C11H12BrN3O3. The lowest BCUT2D eigenvalue weighted by molar-refractivity contribution is -0.384. The Morgan fingerprint density at radius 2 is 2.28 bits per heavy atom. The molecule has 1 spiro atoms. The standard InChI is InChI=1S/C11H12BrN3O3/c12-9-3-7(15(17)18)4-10(13-9)14-5-8(16)11(6-14)1-2-11/h3-4,8,16H,1-2,5-6H2. The van der Waals surface area contributed by atoms with Crippen LogP contribution in [0, 0.1) is 15.5 Å². The first-order chi connectivity index (χ1) is 8.50. The third-order valence-corrected chi connectivity index (χ3v) is 4.20. The van der Waals surface area contributed by atoms with E-state index < -0.39 is 4.92 Å². The van der Waals surface area contributed by atoms with E-state index in [1.807, 2.05) is 4.90 Å². The Balaban J connectivity index is 1.91. The van der Waals surface area contributed by atoms with Gasteiger partial charge < -0.3 is 10.0 Å². The predicted molar refractivity (Wildman–Crippen MR) is 68.5 cm³/mol. The van der Waals surface area contributed by atoms with Crippen LogP contribution in [0.5, 0.6) is 0 Å². The summed E-state index contributed by atoms with van der Waals surface area (Å²) in [5.41, 5.74) is 0.0248. The lowest BCUT2D eigenvalue weighted by Gasteiger charge is -2.16. The second-order valence-corrected chi connectivity index (χ2v) is 5.83. The molecule has 3 rings (SSSR count). The predicted octanol–water partition coefficient (Wildman–Crippen LogP) is 1.71. The largest absolute Gasteiger partial charge is 0.391 e. The molecular weight excluding hydrogens is 302 g/mol. The van der Waals surface area contributed by atoms with Gasteiger partial charge in [0.25, 0.3) is 5.69 Å². The number of nitrogens with zero attached hydrogens (tertiary/aromatic N) is 3. The molecule has 1 N–H and O–H groups in total. The monoisotopic (exact) mass is 313 g/mol. The molecule has 1 atom stereocenters. The SMILES string of the molecule is O=[N+]([O-])c1cc(Br)nc(N2CC(O)C3(CC3)C2)c1. The molecule has 2 aliphatic rings. The number of hydrogen-bond acceptors (Lipinski definition) is 5. The molecule has 1 unspecified atom stereocenters. The Labute approximate surface area is 112 Å². The highest BCUT2D eigenvalue weighted by Crippen LogP contribution is 2.53. The highest BCUT2D eigenvalue weighted by molar-refractivity contribution is 9.10. The summed E-state index contributed by atoms with van der Waals surface area (Å²) in [7, 11) is 0. The number of aliphatic hydroxyl groups is 1. The molecule has 1 saturated heterocycles. The number of rotatable bonds is 2. The zero-order valence-corrected chi connectivity index (χ0v) is 11.1. The lowest BCUT2D eigenvalue weighted by atomic mass is 10.0. The van der Waals surface area contributed by atoms with Crippen LogP contribution in [0.1, 0.15) is 12.8 Å². The topological polar surface area (TPSA) is 79.5 Å². The third-order valence-electron chi connectivity index (χ3n) is 3.80. The Morgan fingerprint density at radius 1 is 1.56 bits per heavy atom. The van der Waals surface area contributed by atoms with E-state index in [1.165, 1.54) is 12.1 Å². The van der Waals surface area contributed by atoms with Gasteiger partial charge in [-0.3, -0.25) is 10.1 Å². The Morgan fingerprint density at radius 3 is 2.83 bits per heavy atom. The molecule has 1 aliphatic heterocycles. The van der Waals surface area contributed by atoms with E-state index in [9.17, 15) is 15.2 Å². The maximum absolute atomic E-state index is 10.8. The molecule has 0 radical (unpaired) electrons. The molecule has 2 heterocycles. The molecule has 1 saturated carbocycles. The summed E-state index contributed by atoms with van der Waals surface area (Å²) in [6.07, 6.45) is 1.71. The number of anilines is 1. The fourth-order valence-corrected chi connectivity index (χ4v) is 2.93. The molecule has 1 aromatic heterocycles. The molecule has 1 aromatic rings. The number of pyridine rings is 1. The minimum atomic E-state index is -0.435. The normalized spacial score (nSPS) is 24.6. The van der Waals surface area contributed by atoms with Crippen LogP contribution in [0.2, 0.25) is 0 Å². The van der Waals surface area contributed by atoms with Crippen LogP contribution < -0.4 is 4.90 Å². The first-order valence-corrected chi connectivity index (χ1v) is 6.54. The van der Waals surface area contributed by atoms with Crippen molar-refractivity contribution < 1.29 is 10.0 Å².